The van der Waals surface area contributed by atoms with E-state index in [1.807, 2.05) is 24.3 Å². The fraction of sp³-hybridized carbons (Fsp3) is 0.0909. The van der Waals surface area contributed by atoms with E-state index in [0.29, 0.717) is 0 Å². The summed E-state index contributed by atoms with van der Waals surface area (Å²) in [6.45, 7) is 2.09. The molecule has 0 unspecified atom stereocenters. The highest BCUT2D eigenvalue weighted by molar-refractivity contribution is 9.10. The number of aryl methyl sites for hydroxylation is 1. The maximum atomic E-state index is 6.11. The lowest BCUT2D eigenvalue weighted by Gasteiger charge is -1.98. The second-order valence-corrected chi connectivity index (χ2v) is 5.51. The topological polar surface area (TPSA) is 0 Å². The van der Waals surface area contributed by atoms with Gasteiger partial charge < -0.3 is 0 Å². The van der Waals surface area contributed by atoms with Gasteiger partial charge in [0.15, 0.2) is 0 Å². The van der Waals surface area contributed by atoms with Crippen LogP contribution in [0.3, 0.4) is 0 Å². The second kappa shape index (κ2) is 4.05. The van der Waals surface area contributed by atoms with Gasteiger partial charge in [0, 0.05) is 24.8 Å². The van der Waals surface area contributed by atoms with Crippen LogP contribution < -0.4 is 0 Å². The molecule has 0 atom stereocenters. The number of benzene rings is 1. The summed E-state index contributed by atoms with van der Waals surface area (Å²) < 4.78 is 1.15. The van der Waals surface area contributed by atoms with Crippen LogP contribution >= 0.6 is 38.9 Å². The van der Waals surface area contributed by atoms with Crippen LogP contribution in [0.15, 0.2) is 34.8 Å². The first-order chi connectivity index (χ1) is 6.68. The van der Waals surface area contributed by atoms with Crippen LogP contribution in [0.5, 0.6) is 0 Å². The fourth-order valence-corrected chi connectivity index (χ4v) is 3.12. The molecule has 0 N–H and O–H groups in total. The molecule has 0 spiro atoms. The molecule has 0 aliphatic carbocycles. The zero-order valence-corrected chi connectivity index (χ0v) is 10.7. The number of halogens is 2. The molecule has 0 aliphatic heterocycles. The number of thiophene rings is 1. The summed E-state index contributed by atoms with van der Waals surface area (Å²) in [5, 5.41) is 0.807. The van der Waals surface area contributed by atoms with Crippen molar-refractivity contribution in [1.29, 1.82) is 0 Å². The average molecular weight is 288 g/mol. The zero-order chi connectivity index (χ0) is 10.1. The van der Waals surface area contributed by atoms with Gasteiger partial charge in [0.2, 0.25) is 0 Å². The Morgan fingerprint density at radius 1 is 1.29 bits per heavy atom. The summed E-state index contributed by atoms with van der Waals surface area (Å²) in [4.78, 5) is 2.49. The monoisotopic (exact) mass is 286 g/mol. The van der Waals surface area contributed by atoms with Crippen molar-refractivity contribution in [3.05, 3.63) is 44.7 Å². The molecule has 0 amide bonds. The molecule has 1 heterocycles. The van der Waals surface area contributed by atoms with Crippen molar-refractivity contribution in [2.45, 2.75) is 6.92 Å². The molecule has 0 radical (unpaired) electrons. The minimum atomic E-state index is 0.807. The van der Waals surface area contributed by atoms with Crippen molar-refractivity contribution in [1.82, 2.24) is 0 Å². The maximum absolute atomic E-state index is 6.11. The first-order valence-electron chi connectivity index (χ1n) is 4.19. The van der Waals surface area contributed by atoms with Gasteiger partial charge in [0.05, 0.1) is 0 Å². The number of hydrogen-bond acceptors (Lipinski definition) is 1. The Labute approximate surface area is 101 Å². The fourth-order valence-electron chi connectivity index (χ4n) is 1.25. The molecule has 1 aromatic heterocycles. The van der Waals surface area contributed by atoms with Gasteiger partial charge in [0.1, 0.15) is 0 Å². The summed E-state index contributed by atoms with van der Waals surface area (Å²) in [5.74, 6) is 0. The SMILES string of the molecule is Cc1sc(-c2ccccc2Cl)cc1Br. The van der Waals surface area contributed by atoms with Crippen LogP contribution in [0.25, 0.3) is 10.4 Å². The first kappa shape index (κ1) is 10.2. The molecule has 0 bridgehead atoms. The molecule has 3 heteroatoms. The number of rotatable bonds is 1. The summed E-state index contributed by atoms with van der Waals surface area (Å²) in [6.07, 6.45) is 0. The van der Waals surface area contributed by atoms with Crippen molar-refractivity contribution in [2.75, 3.05) is 0 Å². The Bertz CT molecular complexity index is 443. The standard InChI is InChI=1S/C11H8BrClS/c1-7-9(12)6-11(14-7)8-4-2-3-5-10(8)13/h2-6H,1H3. The normalized spacial score (nSPS) is 10.5. The molecule has 0 fully saturated rings. The third kappa shape index (κ3) is 1.88. The van der Waals surface area contributed by atoms with Gasteiger partial charge in [-0.05, 0) is 35.0 Å². The molecule has 0 aliphatic rings. The molecule has 0 nitrogen and oxygen atoms in total. The van der Waals surface area contributed by atoms with Crippen molar-refractivity contribution >= 4 is 38.9 Å². The third-order valence-electron chi connectivity index (χ3n) is 2.00. The van der Waals surface area contributed by atoms with Crippen LogP contribution in [0.1, 0.15) is 4.88 Å². The lowest BCUT2D eigenvalue weighted by atomic mass is 10.2. The minimum Gasteiger partial charge on any atom is -0.139 e. The molecule has 0 saturated carbocycles. The molecule has 14 heavy (non-hydrogen) atoms. The molecule has 0 saturated heterocycles. The Kier molecular flexibility index (Phi) is 2.96. The van der Waals surface area contributed by atoms with Crippen LogP contribution in [0, 0.1) is 6.92 Å². The summed E-state index contributed by atoms with van der Waals surface area (Å²) in [6, 6.07) is 10.0. The van der Waals surface area contributed by atoms with Crippen molar-refractivity contribution in [3.8, 4) is 10.4 Å². The maximum Gasteiger partial charge on any atom is 0.0492 e. The van der Waals surface area contributed by atoms with E-state index in [1.165, 1.54) is 9.75 Å². The predicted octanol–water partition coefficient (Wildman–Crippen LogP) is 5.14. The number of hydrogen-bond donors (Lipinski definition) is 0. The molecule has 72 valence electrons. The van der Waals surface area contributed by atoms with Crippen LogP contribution in [-0.2, 0) is 0 Å². The van der Waals surface area contributed by atoms with Gasteiger partial charge in [-0.3, -0.25) is 0 Å². The van der Waals surface area contributed by atoms with E-state index in [4.69, 9.17) is 11.6 Å². The van der Waals surface area contributed by atoms with Gasteiger partial charge in [0.25, 0.3) is 0 Å². The van der Waals surface area contributed by atoms with E-state index < -0.39 is 0 Å². The summed E-state index contributed by atoms with van der Waals surface area (Å²) >= 11 is 11.4. The van der Waals surface area contributed by atoms with E-state index in [2.05, 4.69) is 28.9 Å². The molecule has 2 rings (SSSR count). The van der Waals surface area contributed by atoms with E-state index in [-0.39, 0.29) is 0 Å². The van der Waals surface area contributed by atoms with Crippen LogP contribution in [-0.4, -0.2) is 0 Å². The highest BCUT2D eigenvalue weighted by Gasteiger charge is 2.07. The van der Waals surface area contributed by atoms with Gasteiger partial charge in [-0.25, -0.2) is 0 Å². The van der Waals surface area contributed by atoms with E-state index in [0.717, 1.165) is 15.1 Å². The van der Waals surface area contributed by atoms with Gasteiger partial charge in [-0.15, -0.1) is 11.3 Å². The van der Waals surface area contributed by atoms with E-state index >= 15 is 0 Å². The highest BCUT2D eigenvalue weighted by Crippen LogP contribution is 2.37. The Morgan fingerprint density at radius 2 is 2.00 bits per heavy atom. The lowest BCUT2D eigenvalue weighted by Crippen LogP contribution is -1.72. The first-order valence-corrected chi connectivity index (χ1v) is 6.18. The summed E-state index contributed by atoms with van der Waals surface area (Å²) in [5.41, 5.74) is 1.10. The van der Waals surface area contributed by atoms with Crippen molar-refractivity contribution in [3.63, 3.8) is 0 Å². The molecular weight excluding hydrogens is 280 g/mol. The average Bonchev–Trinajstić information content (AvgIpc) is 2.48. The van der Waals surface area contributed by atoms with Gasteiger partial charge >= 0.3 is 0 Å². The minimum absolute atomic E-state index is 0.807. The van der Waals surface area contributed by atoms with Crippen molar-refractivity contribution in [2.24, 2.45) is 0 Å². The lowest BCUT2D eigenvalue weighted by molar-refractivity contribution is 1.59. The summed E-state index contributed by atoms with van der Waals surface area (Å²) in [7, 11) is 0. The van der Waals surface area contributed by atoms with Crippen LogP contribution in [0.4, 0.5) is 0 Å². The second-order valence-electron chi connectivity index (χ2n) is 2.99. The Hall–Kier alpha value is -0.310. The smallest absolute Gasteiger partial charge is 0.0492 e. The Morgan fingerprint density at radius 3 is 2.57 bits per heavy atom. The zero-order valence-electron chi connectivity index (χ0n) is 7.55. The Balaban J connectivity index is 2.55. The van der Waals surface area contributed by atoms with Gasteiger partial charge in [-0.2, -0.15) is 0 Å². The van der Waals surface area contributed by atoms with E-state index in [1.54, 1.807) is 11.3 Å². The molecule has 2 aromatic rings. The molecule has 1 aromatic carbocycles. The van der Waals surface area contributed by atoms with E-state index in [9.17, 15) is 0 Å². The van der Waals surface area contributed by atoms with Crippen molar-refractivity contribution < 1.29 is 0 Å². The van der Waals surface area contributed by atoms with Gasteiger partial charge in [-0.1, -0.05) is 29.8 Å². The third-order valence-corrected chi connectivity index (χ3v) is 4.50. The van der Waals surface area contributed by atoms with Crippen LogP contribution in [0.2, 0.25) is 5.02 Å². The highest BCUT2D eigenvalue weighted by atomic mass is 79.9. The predicted molar refractivity (Wildman–Crippen MR) is 67.2 cm³/mol. The largest absolute Gasteiger partial charge is 0.139 e. The molecular formula is C11H8BrClS. The quantitative estimate of drug-likeness (QED) is 0.681.